The van der Waals surface area contributed by atoms with E-state index in [-0.39, 0.29) is 17.7 Å². The molecular formula is C21H30N2O4. The number of carbonyl (C=O) groups is 2. The van der Waals surface area contributed by atoms with Crippen LogP contribution in [0.5, 0.6) is 11.5 Å². The van der Waals surface area contributed by atoms with Crippen molar-refractivity contribution in [3.05, 3.63) is 23.8 Å². The largest absolute Gasteiger partial charge is 0.497 e. The molecule has 2 saturated heterocycles. The second-order valence-electron chi connectivity index (χ2n) is 7.70. The number of carbonyl (C=O) groups excluding carboxylic acids is 2. The molecule has 1 atom stereocenters. The molecule has 2 aliphatic heterocycles. The molecule has 2 fully saturated rings. The van der Waals surface area contributed by atoms with Crippen molar-refractivity contribution in [3.8, 4) is 11.5 Å². The van der Waals surface area contributed by atoms with Gasteiger partial charge in [-0.25, -0.2) is 0 Å². The Bertz CT molecular complexity index is 661. The fraction of sp³-hybridized carbons (Fsp3) is 0.619. The predicted octanol–water partition coefficient (Wildman–Crippen LogP) is 2.81. The van der Waals surface area contributed by atoms with E-state index in [9.17, 15) is 9.59 Å². The van der Waals surface area contributed by atoms with Crippen molar-refractivity contribution in [2.75, 3.05) is 40.4 Å². The van der Waals surface area contributed by atoms with Crippen molar-refractivity contribution in [1.29, 1.82) is 0 Å². The summed E-state index contributed by atoms with van der Waals surface area (Å²) in [7, 11) is 3.14. The number of piperidine rings is 2. The van der Waals surface area contributed by atoms with Crippen molar-refractivity contribution >= 4 is 11.8 Å². The average molecular weight is 374 g/mol. The molecule has 1 unspecified atom stereocenters. The molecule has 1 aromatic carbocycles. The van der Waals surface area contributed by atoms with Gasteiger partial charge in [-0.3, -0.25) is 9.59 Å². The summed E-state index contributed by atoms with van der Waals surface area (Å²) in [5.74, 6) is 2.07. The number of methoxy groups -OCH3 is 2. The number of benzene rings is 1. The van der Waals surface area contributed by atoms with Gasteiger partial charge in [0.05, 0.1) is 14.2 Å². The fourth-order valence-corrected chi connectivity index (χ4v) is 4.09. The molecule has 6 heteroatoms. The van der Waals surface area contributed by atoms with Gasteiger partial charge in [0, 0.05) is 43.7 Å². The Morgan fingerprint density at radius 2 is 1.56 bits per heavy atom. The number of hydrogen-bond acceptors (Lipinski definition) is 4. The number of ether oxygens (including phenoxy) is 2. The summed E-state index contributed by atoms with van der Waals surface area (Å²) in [5, 5.41) is 0. The summed E-state index contributed by atoms with van der Waals surface area (Å²) in [4.78, 5) is 29.5. The SMILES string of the molecule is COc1cc(OC)cc(C(=O)N2CCC(C(=O)N3CCCC(C)C3)CC2)c1. The maximum absolute atomic E-state index is 12.9. The highest BCUT2D eigenvalue weighted by molar-refractivity contribution is 5.95. The molecule has 0 N–H and O–H groups in total. The van der Waals surface area contributed by atoms with Crippen LogP contribution in [0.1, 0.15) is 43.0 Å². The molecule has 2 aliphatic rings. The maximum Gasteiger partial charge on any atom is 0.254 e. The van der Waals surface area contributed by atoms with E-state index < -0.39 is 0 Å². The molecule has 1 aromatic rings. The fourth-order valence-electron chi connectivity index (χ4n) is 4.09. The Hall–Kier alpha value is -2.24. The number of hydrogen-bond donors (Lipinski definition) is 0. The van der Waals surface area contributed by atoms with Crippen LogP contribution in [0, 0.1) is 11.8 Å². The van der Waals surface area contributed by atoms with Crippen LogP contribution in [0.4, 0.5) is 0 Å². The third-order valence-electron chi connectivity index (χ3n) is 5.70. The Morgan fingerprint density at radius 3 is 2.11 bits per heavy atom. The molecule has 6 nitrogen and oxygen atoms in total. The molecule has 0 bridgehead atoms. The zero-order valence-electron chi connectivity index (χ0n) is 16.6. The van der Waals surface area contributed by atoms with Gasteiger partial charge in [0.25, 0.3) is 5.91 Å². The zero-order valence-corrected chi connectivity index (χ0v) is 16.6. The summed E-state index contributed by atoms with van der Waals surface area (Å²) >= 11 is 0. The van der Waals surface area contributed by atoms with Crippen molar-refractivity contribution < 1.29 is 19.1 Å². The number of nitrogens with zero attached hydrogens (tertiary/aromatic N) is 2. The van der Waals surface area contributed by atoms with E-state index in [1.165, 1.54) is 6.42 Å². The molecule has 0 aromatic heterocycles. The molecule has 0 radical (unpaired) electrons. The highest BCUT2D eigenvalue weighted by Gasteiger charge is 2.32. The van der Waals surface area contributed by atoms with E-state index in [0.717, 1.165) is 32.4 Å². The normalized spacial score (nSPS) is 21.1. The first-order valence-corrected chi connectivity index (χ1v) is 9.83. The van der Waals surface area contributed by atoms with Gasteiger partial charge < -0.3 is 19.3 Å². The van der Waals surface area contributed by atoms with Crippen LogP contribution in [-0.4, -0.2) is 62.0 Å². The van der Waals surface area contributed by atoms with Gasteiger partial charge in [-0.2, -0.15) is 0 Å². The molecule has 0 spiro atoms. The molecule has 0 saturated carbocycles. The molecule has 27 heavy (non-hydrogen) atoms. The monoisotopic (exact) mass is 374 g/mol. The van der Waals surface area contributed by atoms with Crippen molar-refractivity contribution in [2.45, 2.75) is 32.6 Å². The molecule has 148 valence electrons. The predicted molar refractivity (Wildman–Crippen MR) is 103 cm³/mol. The lowest BCUT2D eigenvalue weighted by atomic mass is 9.92. The van der Waals surface area contributed by atoms with E-state index in [1.807, 2.05) is 9.80 Å². The lowest BCUT2D eigenvalue weighted by molar-refractivity contribution is -0.138. The smallest absolute Gasteiger partial charge is 0.254 e. The summed E-state index contributed by atoms with van der Waals surface area (Å²) in [6.07, 6.45) is 3.77. The summed E-state index contributed by atoms with van der Waals surface area (Å²) < 4.78 is 10.5. The van der Waals surface area contributed by atoms with Crippen LogP contribution in [0.2, 0.25) is 0 Å². The standard InChI is InChI=1S/C21H30N2O4/c1-15-5-4-8-23(14-15)20(24)16-6-9-22(10-7-16)21(25)17-11-18(26-2)13-19(12-17)27-3/h11-13,15-16H,4-10,14H2,1-3H3. The quantitative estimate of drug-likeness (QED) is 0.813. The average Bonchev–Trinajstić information content (AvgIpc) is 2.72. The lowest BCUT2D eigenvalue weighted by Gasteiger charge is -2.37. The van der Waals surface area contributed by atoms with Gasteiger partial charge in [0.1, 0.15) is 11.5 Å². The number of amides is 2. The van der Waals surface area contributed by atoms with Crippen molar-refractivity contribution in [1.82, 2.24) is 9.80 Å². The molecule has 2 heterocycles. The highest BCUT2D eigenvalue weighted by Crippen LogP contribution is 2.27. The van der Waals surface area contributed by atoms with E-state index in [2.05, 4.69) is 6.92 Å². The van der Waals surface area contributed by atoms with E-state index in [0.29, 0.717) is 36.1 Å². The van der Waals surface area contributed by atoms with Crippen LogP contribution < -0.4 is 9.47 Å². The van der Waals surface area contributed by atoms with Gasteiger partial charge in [0.2, 0.25) is 5.91 Å². The van der Waals surface area contributed by atoms with Crippen LogP contribution in [0.3, 0.4) is 0 Å². The molecule has 2 amide bonds. The van der Waals surface area contributed by atoms with E-state index >= 15 is 0 Å². The first kappa shape index (κ1) is 19.5. The second-order valence-corrected chi connectivity index (χ2v) is 7.70. The molecule has 0 aliphatic carbocycles. The number of likely N-dealkylation sites (tertiary alicyclic amines) is 2. The minimum atomic E-state index is -0.0373. The third kappa shape index (κ3) is 4.54. The first-order chi connectivity index (χ1) is 13.0. The Morgan fingerprint density at radius 1 is 0.926 bits per heavy atom. The molecular weight excluding hydrogens is 344 g/mol. The second kappa shape index (κ2) is 8.63. The highest BCUT2D eigenvalue weighted by atomic mass is 16.5. The van der Waals surface area contributed by atoms with Gasteiger partial charge in [-0.1, -0.05) is 6.92 Å². The van der Waals surface area contributed by atoms with E-state index in [1.54, 1.807) is 32.4 Å². The third-order valence-corrected chi connectivity index (χ3v) is 5.70. The maximum atomic E-state index is 12.9. The Labute approximate surface area is 161 Å². The topological polar surface area (TPSA) is 59.1 Å². The van der Waals surface area contributed by atoms with Crippen LogP contribution in [0.15, 0.2) is 18.2 Å². The first-order valence-electron chi connectivity index (χ1n) is 9.83. The van der Waals surface area contributed by atoms with Crippen molar-refractivity contribution in [2.24, 2.45) is 11.8 Å². The van der Waals surface area contributed by atoms with Gasteiger partial charge in [0.15, 0.2) is 0 Å². The Balaban J connectivity index is 1.60. The number of rotatable bonds is 4. The van der Waals surface area contributed by atoms with E-state index in [4.69, 9.17) is 9.47 Å². The Kier molecular flexibility index (Phi) is 6.24. The van der Waals surface area contributed by atoms with Gasteiger partial charge in [-0.05, 0) is 43.7 Å². The van der Waals surface area contributed by atoms with Gasteiger partial charge >= 0.3 is 0 Å². The summed E-state index contributed by atoms with van der Waals surface area (Å²) in [6.45, 7) is 5.19. The van der Waals surface area contributed by atoms with Gasteiger partial charge in [-0.15, -0.1) is 0 Å². The van der Waals surface area contributed by atoms with Crippen LogP contribution in [0.25, 0.3) is 0 Å². The zero-order chi connectivity index (χ0) is 19.4. The molecule has 3 rings (SSSR count). The van der Waals surface area contributed by atoms with Crippen molar-refractivity contribution in [3.63, 3.8) is 0 Å². The summed E-state index contributed by atoms with van der Waals surface area (Å²) in [5.41, 5.74) is 0.556. The van der Waals surface area contributed by atoms with Crippen LogP contribution in [-0.2, 0) is 4.79 Å². The summed E-state index contributed by atoms with van der Waals surface area (Å²) in [6, 6.07) is 5.22. The lowest BCUT2D eigenvalue weighted by Crippen LogP contribution is -2.47. The minimum Gasteiger partial charge on any atom is -0.497 e. The minimum absolute atomic E-state index is 0.0373. The van der Waals surface area contributed by atoms with Crippen LogP contribution >= 0.6 is 0 Å².